The molecule has 1 saturated heterocycles. The molecule has 0 unspecified atom stereocenters. The third-order valence-corrected chi connectivity index (χ3v) is 5.92. The van der Waals surface area contributed by atoms with E-state index >= 15 is 0 Å². The van der Waals surface area contributed by atoms with Gasteiger partial charge in [0.25, 0.3) is 0 Å². The lowest BCUT2D eigenvalue weighted by Gasteiger charge is -2.37. The summed E-state index contributed by atoms with van der Waals surface area (Å²) in [6.07, 6.45) is 5.78. The Balaban J connectivity index is 1.50. The largest absolute Gasteiger partial charge is 0.357 e. The van der Waals surface area contributed by atoms with Gasteiger partial charge in [0.1, 0.15) is 18.0 Å². The van der Waals surface area contributed by atoms with Crippen molar-refractivity contribution >= 4 is 33.2 Å². The Morgan fingerprint density at radius 3 is 2.75 bits per heavy atom. The van der Waals surface area contributed by atoms with Crippen LogP contribution in [0.2, 0.25) is 0 Å². The van der Waals surface area contributed by atoms with Gasteiger partial charge in [-0.25, -0.2) is 15.0 Å². The number of rotatable bonds is 3. The monoisotopic (exact) mass is 339 g/mol. The summed E-state index contributed by atoms with van der Waals surface area (Å²) < 4.78 is 1.21. The predicted molar refractivity (Wildman–Crippen MR) is 100 cm³/mol. The first kappa shape index (κ1) is 15.3. The first-order valence-electron chi connectivity index (χ1n) is 8.31. The zero-order chi connectivity index (χ0) is 16.5. The average Bonchev–Trinajstić information content (AvgIpc) is 3.03. The van der Waals surface area contributed by atoms with Crippen molar-refractivity contribution < 1.29 is 0 Å². The van der Waals surface area contributed by atoms with Crippen LogP contribution in [0.1, 0.15) is 18.4 Å². The number of nitrogens with zero attached hydrogens (tertiary/aromatic N) is 5. The third kappa shape index (κ3) is 2.71. The van der Waals surface area contributed by atoms with Crippen LogP contribution < -0.4 is 9.80 Å². The minimum absolute atomic E-state index is 0.526. The molecule has 4 rings (SSSR count). The number of thiophene rings is 1. The molecule has 4 heterocycles. The third-order valence-electron chi connectivity index (χ3n) is 4.83. The van der Waals surface area contributed by atoms with Gasteiger partial charge in [0, 0.05) is 32.4 Å². The van der Waals surface area contributed by atoms with Gasteiger partial charge in [-0.15, -0.1) is 11.3 Å². The van der Waals surface area contributed by atoms with Crippen LogP contribution in [0.3, 0.4) is 0 Å². The highest BCUT2D eigenvalue weighted by atomic mass is 32.1. The summed E-state index contributed by atoms with van der Waals surface area (Å²) in [7, 11) is 2.15. The van der Waals surface area contributed by atoms with E-state index in [2.05, 4.69) is 50.2 Å². The fourth-order valence-electron chi connectivity index (χ4n) is 3.40. The molecule has 124 valence electrons. The molecule has 0 aliphatic carbocycles. The van der Waals surface area contributed by atoms with E-state index in [1.807, 2.05) is 18.3 Å². The number of fused-ring (bicyclic) bond motifs is 1. The first-order chi connectivity index (χ1) is 11.7. The lowest BCUT2D eigenvalue weighted by Crippen LogP contribution is -2.44. The highest BCUT2D eigenvalue weighted by molar-refractivity contribution is 7.18. The molecule has 3 aromatic rings. The fourth-order valence-corrected chi connectivity index (χ4v) is 4.42. The molecule has 0 bridgehead atoms. The maximum Gasteiger partial charge on any atom is 0.150 e. The molecule has 0 aromatic carbocycles. The number of anilines is 2. The summed E-state index contributed by atoms with van der Waals surface area (Å²) in [5, 5.41) is 2.17. The standard InChI is InChI=1S/C18H21N5S/c1-13-11-24-17-16(13)20-12-21-18(17)23-9-6-14(7-10-23)22(2)15-5-3-4-8-19-15/h3-5,8,11-12,14H,6-7,9-10H2,1-2H3. The average molecular weight is 339 g/mol. The Labute approximate surface area is 146 Å². The van der Waals surface area contributed by atoms with Crippen LogP contribution in [-0.4, -0.2) is 41.1 Å². The van der Waals surface area contributed by atoms with Gasteiger partial charge in [-0.3, -0.25) is 0 Å². The van der Waals surface area contributed by atoms with Gasteiger partial charge in [-0.1, -0.05) is 6.07 Å². The first-order valence-corrected chi connectivity index (χ1v) is 9.19. The molecular weight excluding hydrogens is 318 g/mol. The molecule has 3 aromatic heterocycles. The number of pyridine rings is 1. The second kappa shape index (κ2) is 6.36. The van der Waals surface area contributed by atoms with Crippen LogP contribution in [0.25, 0.3) is 10.2 Å². The molecule has 24 heavy (non-hydrogen) atoms. The van der Waals surface area contributed by atoms with E-state index in [0.717, 1.165) is 43.1 Å². The molecule has 0 spiro atoms. The fraction of sp³-hybridized carbons (Fsp3) is 0.389. The Morgan fingerprint density at radius 1 is 1.17 bits per heavy atom. The number of hydrogen-bond donors (Lipinski definition) is 0. The molecule has 0 saturated carbocycles. The highest BCUT2D eigenvalue weighted by Crippen LogP contribution is 2.32. The summed E-state index contributed by atoms with van der Waals surface area (Å²) in [5.74, 6) is 2.14. The molecule has 5 nitrogen and oxygen atoms in total. The number of aryl methyl sites for hydroxylation is 1. The van der Waals surface area contributed by atoms with Crippen molar-refractivity contribution in [1.82, 2.24) is 15.0 Å². The van der Waals surface area contributed by atoms with Crippen LogP contribution in [0, 0.1) is 6.92 Å². The minimum Gasteiger partial charge on any atom is -0.357 e. The van der Waals surface area contributed by atoms with Crippen LogP contribution in [0.15, 0.2) is 36.1 Å². The molecule has 0 atom stereocenters. The summed E-state index contributed by atoms with van der Waals surface area (Å²) in [4.78, 5) is 18.2. The van der Waals surface area contributed by atoms with Crippen molar-refractivity contribution in [3.63, 3.8) is 0 Å². The predicted octanol–water partition coefficient (Wildman–Crippen LogP) is 3.50. The molecule has 0 N–H and O–H groups in total. The van der Waals surface area contributed by atoms with Gasteiger partial charge in [0.05, 0.1) is 10.2 Å². The van der Waals surface area contributed by atoms with Gasteiger partial charge in [0.2, 0.25) is 0 Å². The van der Waals surface area contributed by atoms with Crippen molar-refractivity contribution in [2.45, 2.75) is 25.8 Å². The van der Waals surface area contributed by atoms with Gasteiger partial charge in [-0.2, -0.15) is 0 Å². The van der Waals surface area contributed by atoms with Crippen molar-refractivity contribution in [3.8, 4) is 0 Å². The Bertz CT molecular complexity index is 824. The van der Waals surface area contributed by atoms with Crippen LogP contribution in [0.4, 0.5) is 11.6 Å². The van der Waals surface area contributed by atoms with Gasteiger partial charge in [0.15, 0.2) is 0 Å². The van der Waals surface area contributed by atoms with Crippen molar-refractivity contribution in [2.24, 2.45) is 0 Å². The van der Waals surface area contributed by atoms with Gasteiger partial charge >= 0.3 is 0 Å². The lowest BCUT2D eigenvalue weighted by atomic mass is 10.0. The van der Waals surface area contributed by atoms with E-state index in [4.69, 9.17) is 0 Å². The molecule has 0 radical (unpaired) electrons. The highest BCUT2D eigenvalue weighted by Gasteiger charge is 2.25. The van der Waals surface area contributed by atoms with Crippen LogP contribution >= 0.6 is 11.3 Å². The molecule has 6 heteroatoms. The maximum absolute atomic E-state index is 4.57. The summed E-state index contributed by atoms with van der Waals surface area (Å²) in [6.45, 7) is 4.15. The maximum atomic E-state index is 4.57. The number of hydrogen-bond acceptors (Lipinski definition) is 6. The normalized spacial score (nSPS) is 15.8. The van der Waals surface area contributed by atoms with Gasteiger partial charge in [-0.05, 0) is 42.8 Å². The van der Waals surface area contributed by atoms with Gasteiger partial charge < -0.3 is 9.80 Å². The van der Waals surface area contributed by atoms with Crippen molar-refractivity contribution in [1.29, 1.82) is 0 Å². The van der Waals surface area contributed by atoms with E-state index in [0.29, 0.717) is 6.04 Å². The van der Waals surface area contributed by atoms with E-state index in [9.17, 15) is 0 Å². The molecule has 1 aliphatic rings. The van der Waals surface area contributed by atoms with E-state index in [-0.39, 0.29) is 0 Å². The van der Waals surface area contributed by atoms with E-state index in [1.54, 1.807) is 17.7 Å². The van der Waals surface area contributed by atoms with Crippen LogP contribution in [0.5, 0.6) is 0 Å². The van der Waals surface area contributed by atoms with E-state index in [1.165, 1.54) is 10.3 Å². The Kier molecular flexibility index (Phi) is 4.06. The Hall–Kier alpha value is -2.21. The molecular formula is C18H21N5S. The Morgan fingerprint density at radius 2 is 2.00 bits per heavy atom. The van der Waals surface area contributed by atoms with Crippen LogP contribution in [-0.2, 0) is 0 Å². The molecule has 1 fully saturated rings. The number of piperidine rings is 1. The smallest absolute Gasteiger partial charge is 0.150 e. The minimum atomic E-state index is 0.526. The topological polar surface area (TPSA) is 45.2 Å². The number of aromatic nitrogens is 3. The second-order valence-corrected chi connectivity index (χ2v) is 7.19. The summed E-state index contributed by atoms with van der Waals surface area (Å²) >= 11 is 1.75. The summed E-state index contributed by atoms with van der Waals surface area (Å²) in [5.41, 5.74) is 2.33. The molecule has 0 amide bonds. The van der Waals surface area contributed by atoms with Crippen molar-refractivity contribution in [3.05, 3.63) is 41.7 Å². The quantitative estimate of drug-likeness (QED) is 0.731. The SMILES string of the molecule is Cc1csc2c(N3CCC(N(C)c4ccccn4)CC3)ncnc12. The van der Waals surface area contributed by atoms with E-state index < -0.39 is 0 Å². The zero-order valence-corrected chi connectivity index (χ0v) is 14.8. The zero-order valence-electron chi connectivity index (χ0n) is 14.0. The van der Waals surface area contributed by atoms with Crippen molar-refractivity contribution in [2.75, 3.05) is 29.9 Å². The second-order valence-electron chi connectivity index (χ2n) is 6.31. The summed E-state index contributed by atoms with van der Waals surface area (Å²) in [6, 6.07) is 6.61. The molecule has 1 aliphatic heterocycles. The lowest BCUT2D eigenvalue weighted by molar-refractivity contribution is 0.479.